The first-order valence-corrected chi connectivity index (χ1v) is 5.37. The highest BCUT2D eigenvalue weighted by Crippen LogP contribution is 2.10. The Morgan fingerprint density at radius 1 is 1.50 bits per heavy atom. The summed E-state index contributed by atoms with van der Waals surface area (Å²) in [5.74, 6) is -0.0708. The van der Waals surface area contributed by atoms with Crippen LogP contribution in [0.15, 0.2) is 24.3 Å². The lowest BCUT2D eigenvalue weighted by Crippen LogP contribution is -2.28. The summed E-state index contributed by atoms with van der Waals surface area (Å²) >= 11 is 0. The first-order chi connectivity index (χ1) is 7.59. The Bertz CT molecular complexity index is 351. The van der Waals surface area contributed by atoms with E-state index in [1.807, 2.05) is 18.2 Å². The lowest BCUT2D eigenvalue weighted by Gasteiger charge is -2.08. The van der Waals surface area contributed by atoms with E-state index in [0.29, 0.717) is 18.7 Å². The van der Waals surface area contributed by atoms with E-state index in [9.17, 15) is 4.79 Å². The van der Waals surface area contributed by atoms with Gasteiger partial charge in [-0.05, 0) is 25.0 Å². The number of aliphatic hydroxyl groups excluding tert-OH is 1. The second kappa shape index (κ2) is 6.12. The standard InChI is InChI=1S/C12H18N2O2/c1-9(15)6-7-14-12(16)8-10-4-2-3-5-11(10)13/h2-5,9,15H,6-8,13H2,1H3,(H,14,16). The van der Waals surface area contributed by atoms with Gasteiger partial charge in [0.1, 0.15) is 0 Å². The molecule has 0 aromatic heterocycles. The summed E-state index contributed by atoms with van der Waals surface area (Å²) in [6.07, 6.45) is 0.463. The van der Waals surface area contributed by atoms with Crippen molar-refractivity contribution in [3.05, 3.63) is 29.8 Å². The van der Waals surface area contributed by atoms with Crippen LogP contribution in [0.5, 0.6) is 0 Å². The van der Waals surface area contributed by atoms with Gasteiger partial charge in [0.15, 0.2) is 0 Å². The predicted molar refractivity (Wildman–Crippen MR) is 63.9 cm³/mol. The van der Waals surface area contributed by atoms with Crippen LogP contribution in [0.2, 0.25) is 0 Å². The number of hydrogen-bond donors (Lipinski definition) is 3. The summed E-state index contributed by atoms with van der Waals surface area (Å²) in [4.78, 5) is 11.5. The molecule has 1 amide bonds. The number of para-hydroxylation sites is 1. The zero-order chi connectivity index (χ0) is 12.0. The van der Waals surface area contributed by atoms with Crippen molar-refractivity contribution < 1.29 is 9.90 Å². The van der Waals surface area contributed by atoms with Gasteiger partial charge in [0.2, 0.25) is 5.91 Å². The van der Waals surface area contributed by atoms with Gasteiger partial charge in [0.25, 0.3) is 0 Å². The number of nitrogens with two attached hydrogens (primary N) is 1. The molecule has 1 aromatic rings. The first kappa shape index (κ1) is 12.5. The van der Waals surface area contributed by atoms with Crippen molar-refractivity contribution in [3.63, 3.8) is 0 Å². The molecular formula is C12H18N2O2. The van der Waals surface area contributed by atoms with Gasteiger partial charge in [-0.15, -0.1) is 0 Å². The fourth-order valence-corrected chi connectivity index (χ4v) is 1.35. The predicted octanol–water partition coefficient (Wildman–Crippen LogP) is 0.698. The van der Waals surface area contributed by atoms with E-state index < -0.39 is 0 Å². The van der Waals surface area contributed by atoms with E-state index in [1.165, 1.54) is 0 Å². The van der Waals surface area contributed by atoms with Crippen LogP contribution in [0, 0.1) is 0 Å². The lowest BCUT2D eigenvalue weighted by atomic mass is 10.1. The molecule has 4 N–H and O–H groups in total. The molecule has 0 aliphatic carbocycles. The molecule has 88 valence electrons. The Balaban J connectivity index is 2.37. The van der Waals surface area contributed by atoms with Crippen LogP contribution in [0.1, 0.15) is 18.9 Å². The fourth-order valence-electron chi connectivity index (χ4n) is 1.35. The highest BCUT2D eigenvalue weighted by atomic mass is 16.3. The number of benzene rings is 1. The molecule has 1 rings (SSSR count). The molecule has 16 heavy (non-hydrogen) atoms. The van der Waals surface area contributed by atoms with Crippen LogP contribution in [0.3, 0.4) is 0 Å². The molecule has 4 heteroatoms. The average Bonchev–Trinajstić information content (AvgIpc) is 2.21. The number of hydrogen-bond acceptors (Lipinski definition) is 3. The molecular weight excluding hydrogens is 204 g/mol. The molecule has 0 saturated carbocycles. The Hall–Kier alpha value is -1.55. The molecule has 0 spiro atoms. The number of rotatable bonds is 5. The minimum Gasteiger partial charge on any atom is -0.398 e. The third kappa shape index (κ3) is 4.31. The molecule has 1 unspecified atom stereocenters. The third-order valence-corrected chi connectivity index (χ3v) is 2.29. The van der Waals surface area contributed by atoms with Crippen molar-refractivity contribution in [1.82, 2.24) is 5.32 Å². The summed E-state index contributed by atoms with van der Waals surface area (Å²) in [6.45, 7) is 2.19. The van der Waals surface area contributed by atoms with Crippen LogP contribution < -0.4 is 11.1 Å². The van der Waals surface area contributed by atoms with Crippen molar-refractivity contribution in [1.29, 1.82) is 0 Å². The van der Waals surface area contributed by atoms with Gasteiger partial charge in [-0.1, -0.05) is 18.2 Å². The largest absolute Gasteiger partial charge is 0.398 e. The van der Waals surface area contributed by atoms with Gasteiger partial charge in [-0.2, -0.15) is 0 Å². The first-order valence-electron chi connectivity index (χ1n) is 5.37. The average molecular weight is 222 g/mol. The third-order valence-electron chi connectivity index (χ3n) is 2.29. The SMILES string of the molecule is CC(O)CCNC(=O)Cc1ccccc1N. The summed E-state index contributed by atoms with van der Waals surface area (Å²) < 4.78 is 0. The van der Waals surface area contributed by atoms with Crippen LogP contribution >= 0.6 is 0 Å². The molecule has 0 saturated heterocycles. The van der Waals surface area contributed by atoms with E-state index in [0.717, 1.165) is 5.56 Å². The van der Waals surface area contributed by atoms with E-state index in [1.54, 1.807) is 13.0 Å². The summed E-state index contributed by atoms with van der Waals surface area (Å²) in [6, 6.07) is 7.31. The van der Waals surface area contributed by atoms with Crippen LogP contribution in [0.25, 0.3) is 0 Å². The summed E-state index contributed by atoms with van der Waals surface area (Å²) in [5, 5.41) is 11.8. The van der Waals surface area contributed by atoms with Gasteiger partial charge >= 0.3 is 0 Å². The highest BCUT2D eigenvalue weighted by molar-refractivity contribution is 5.80. The maximum Gasteiger partial charge on any atom is 0.224 e. The van der Waals surface area contributed by atoms with Gasteiger partial charge < -0.3 is 16.2 Å². The lowest BCUT2D eigenvalue weighted by molar-refractivity contribution is -0.120. The molecule has 1 aromatic carbocycles. The van der Waals surface area contributed by atoms with Crippen molar-refractivity contribution >= 4 is 11.6 Å². The fraction of sp³-hybridized carbons (Fsp3) is 0.417. The molecule has 0 radical (unpaired) electrons. The second-order valence-electron chi connectivity index (χ2n) is 3.86. The maximum atomic E-state index is 11.5. The number of aliphatic hydroxyl groups is 1. The normalized spacial score (nSPS) is 12.1. The zero-order valence-electron chi connectivity index (χ0n) is 9.44. The van der Waals surface area contributed by atoms with Crippen molar-refractivity contribution in [2.75, 3.05) is 12.3 Å². The quantitative estimate of drug-likeness (QED) is 0.642. The number of carbonyl (C=O) groups excluding carboxylic acids is 1. The van der Waals surface area contributed by atoms with E-state index in [-0.39, 0.29) is 18.4 Å². The Morgan fingerprint density at radius 3 is 2.81 bits per heavy atom. The molecule has 0 heterocycles. The van der Waals surface area contributed by atoms with Crippen LogP contribution in [0.4, 0.5) is 5.69 Å². The van der Waals surface area contributed by atoms with Crippen LogP contribution in [-0.2, 0) is 11.2 Å². The Labute approximate surface area is 95.5 Å². The van der Waals surface area contributed by atoms with Crippen molar-refractivity contribution in [2.24, 2.45) is 0 Å². The van der Waals surface area contributed by atoms with Crippen molar-refractivity contribution in [3.8, 4) is 0 Å². The van der Waals surface area contributed by atoms with Crippen molar-refractivity contribution in [2.45, 2.75) is 25.9 Å². The second-order valence-corrected chi connectivity index (χ2v) is 3.86. The highest BCUT2D eigenvalue weighted by Gasteiger charge is 2.05. The summed E-state index contributed by atoms with van der Waals surface area (Å²) in [7, 11) is 0. The molecule has 0 aliphatic rings. The number of carbonyl (C=O) groups is 1. The van der Waals surface area contributed by atoms with Gasteiger partial charge in [0.05, 0.1) is 12.5 Å². The minimum atomic E-state index is -0.387. The monoisotopic (exact) mass is 222 g/mol. The van der Waals surface area contributed by atoms with E-state index >= 15 is 0 Å². The smallest absolute Gasteiger partial charge is 0.224 e. The molecule has 4 nitrogen and oxygen atoms in total. The molecule has 0 aliphatic heterocycles. The molecule has 0 bridgehead atoms. The van der Waals surface area contributed by atoms with Gasteiger partial charge in [0, 0.05) is 12.2 Å². The number of nitrogen functional groups attached to an aromatic ring is 1. The van der Waals surface area contributed by atoms with Gasteiger partial charge in [-0.3, -0.25) is 4.79 Å². The molecule has 0 fully saturated rings. The Kier molecular flexibility index (Phi) is 4.79. The number of anilines is 1. The zero-order valence-corrected chi connectivity index (χ0v) is 9.44. The minimum absolute atomic E-state index is 0.0708. The van der Waals surface area contributed by atoms with E-state index in [2.05, 4.69) is 5.32 Å². The molecule has 1 atom stereocenters. The topological polar surface area (TPSA) is 75.3 Å². The van der Waals surface area contributed by atoms with Crippen LogP contribution in [-0.4, -0.2) is 23.7 Å². The maximum absolute atomic E-state index is 11.5. The van der Waals surface area contributed by atoms with Gasteiger partial charge in [-0.25, -0.2) is 0 Å². The number of amides is 1. The number of nitrogens with one attached hydrogen (secondary N) is 1. The van der Waals surface area contributed by atoms with E-state index in [4.69, 9.17) is 10.8 Å². The Morgan fingerprint density at radius 2 is 2.19 bits per heavy atom. The summed E-state index contributed by atoms with van der Waals surface area (Å²) in [5.41, 5.74) is 7.19.